The SMILES string of the molecule is O=C(Cn1c(=O)n(Cc2ccco2)c(=O)c2ccccc21)N1CCOCC1. The molecule has 0 aliphatic carbocycles. The number of amides is 1. The predicted octanol–water partition coefficient (Wildman–Crippen LogP) is 0.663. The Morgan fingerprint density at radius 1 is 1.00 bits per heavy atom. The van der Waals surface area contributed by atoms with E-state index in [9.17, 15) is 14.4 Å². The molecule has 8 nitrogen and oxygen atoms in total. The van der Waals surface area contributed by atoms with Gasteiger partial charge >= 0.3 is 5.69 Å². The number of aromatic nitrogens is 2. The summed E-state index contributed by atoms with van der Waals surface area (Å²) in [5, 5.41) is 0.387. The van der Waals surface area contributed by atoms with Crippen molar-refractivity contribution in [1.29, 1.82) is 0 Å². The Morgan fingerprint density at radius 2 is 1.78 bits per heavy atom. The topological polar surface area (TPSA) is 86.7 Å². The molecule has 0 unspecified atom stereocenters. The second-order valence-electron chi connectivity index (χ2n) is 6.35. The third-order valence-electron chi connectivity index (χ3n) is 4.68. The summed E-state index contributed by atoms with van der Waals surface area (Å²) >= 11 is 0. The van der Waals surface area contributed by atoms with Crippen LogP contribution in [0.2, 0.25) is 0 Å². The van der Waals surface area contributed by atoms with Crippen LogP contribution >= 0.6 is 0 Å². The van der Waals surface area contributed by atoms with Crippen LogP contribution in [0.1, 0.15) is 5.76 Å². The largest absolute Gasteiger partial charge is 0.467 e. The van der Waals surface area contributed by atoms with Crippen molar-refractivity contribution in [1.82, 2.24) is 14.0 Å². The van der Waals surface area contributed by atoms with Gasteiger partial charge in [-0.15, -0.1) is 0 Å². The highest BCUT2D eigenvalue weighted by Gasteiger charge is 2.20. The van der Waals surface area contributed by atoms with E-state index in [0.29, 0.717) is 43.0 Å². The van der Waals surface area contributed by atoms with Crippen molar-refractivity contribution >= 4 is 16.8 Å². The Kier molecular flexibility index (Phi) is 4.64. The van der Waals surface area contributed by atoms with Crippen molar-refractivity contribution in [3.63, 3.8) is 0 Å². The zero-order valence-corrected chi connectivity index (χ0v) is 14.7. The van der Waals surface area contributed by atoms with E-state index in [1.807, 2.05) is 0 Å². The normalized spacial score (nSPS) is 14.6. The van der Waals surface area contributed by atoms with E-state index in [-0.39, 0.29) is 19.0 Å². The van der Waals surface area contributed by atoms with Crippen molar-refractivity contribution in [2.45, 2.75) is 13.1 Å². The highest BCUT2D eigenvalue weighted by atomic mass is 16.5. The summed E-state index contributed by atoms with van der Waals surface area (Å²) in [6, 6.07) is 10.2. The Morgan fingerprint density at radius 3 is 2.52 bits per heavy atom. The quantitative estimate of drug-likeness (QED) is 0.674. The first kappa shape index (κ1) is 17.3. The van der Waals surface area contributed by atoms with Gasteiger partial charge in [0.05, 0.1) is 36.9 Å². The van der Waals surface area contributed by atoms with E-state index in [2.05, 4.69) is 0 Å². The fraction of sp³-hybridized carbons (Fsp3) is 0.316. The maximum Gasteiger partial charge on any atom is 0.332 e. The fourth-order valence-electron chi connectivity index (χ4n) is 3.27. The van der Waals surface area contributed by atoms with Gasteiger partial charge in [0.15, 0.2) is 0 Å². The summed E-state index contributed by atoms with van der Waals surface area (Å²) in [6.45, 7) is 1.85. The van der Waals surface area contributed by atoms with Crippen LogP contribution in [0.3, 0.4) is 0 Å². The molecule has 0 spiro atoms. The van der Waals surface area contributed by atoms with Crippen LogP contribution in [-0.2, 0) is 22.6 Å². The van der Waals surface area contributed by atoms with Gasteiger partial charge in [0.25, 0.3) is 5.56 Å². The lowest BCUT2D eigenvalue weighted by atomic mass is 10.2. The van der Waals surface area contributed by atoms with Crippen molar-refractivity contribution in [3.8, 4) is 0 Å². The van der Waals surface area contributed by atoms with Gasteiger partial charge in [0.1, 0.15) is 12.3 Å². The minimum Gasteiger partial charge on any atom is -0.467 e. The van der Waals surface area contributed by atoms with Crippen LogP contribution in [0.4, 0.5) is 0 Å². The molecule has 3 heterocycles. The number of para-hydroxylation sites is 1. The molecule has 1 saturated heterocycles. The average molecular weight is 369 g/mol. The van der Waals surface area contributed by atoms with Gasteiger partial charge in [0.2, 0.25) is 5.91 Å². The van der Waals surface area contributed by atoms with Gasteiger partial charge < -0.3 is 14.1 Å². The standard InChI is InChI=1S/C19H19N3O5/c23-17(20-7-10-26-11-8-20)13-21-16-6-2-1-5-15(16)18(24)22(19(21)25)12-14-4-3-9-27-14/h1-6,9H,7-8,10-13H2. The third-order valence-corrected chi connectivity index (χ3v) is 4.68. The van der Waals surface area contributed by atoms with Gasteiger partial charge in [-0.25, -0.2) is 4.79 Å². The molecule has 8 heteroatoms. The molecule has 0 radical (unpaired) electrons. The number of hydrogen-bond acceptors (Lipinski definition) is 5. The molecule has 1 aromatic carbocycles. The molecule has 2 aromatic heterocycles. The lowest BCUT2D eigenvalue weighted by Crippen LogP contribution is -2.46. The minimum atomic E-state index is -0.531. The van der Waals surface area contributed by atoms with Gasteiger partial charge in [-0.1, -0.05) is 12.1 Å². The lowest BCUT2D eigenvalue weighted by Gasteiger charge is -2.27. The molecule has 1 amide bonds. The molecule has 3 aromatic rings. The van der Waals surface area contributed by atoms with E-state index in [1.165, 1.54) is 10.8 Å². The van der Waals surface area contributed by atoms with Gasteiger partial charge in [-0.05, 0) is 24.3 Å². The monoisotopic (exact) mass is 369 g/mol. The van der Waals surface area contributed by atoms with Gasteiger partial charge in [-0.3, -0.25) is 18.7 Å². The number of morpholine rings is 1. The second kappa shape index (κ2) is 7.24. The fourth-order valence-corrected chi connectivity index (χ4v) is 3.27. The number of rotatable bonds is 4. The summed E-state index contributed by atoms with van der Waals surface area (Å²) in [5.41, 5.74) is -0.483. The maximum absolute atomic E-state index is 13.0. The summed E-state index contributed by atoms with van der Waals surface area (Å²) in [6.07, 6.45) is 1.49. The highest BCUT2D eigenvalue weighted by molar-refractivity contribution is 5.81. The smallest absolute Gasteiger partial charge is 0.332 e. The first-order valence-electron chi connectivity index (χ1n) is 8.75. The second-order valence-corrected chi connectivity index (χ2v) is 6.35. The first-order chi connectivity index (χ1) is 13.1. The van der Waals surface area contributed by atoms with Crippen molar-refractivity contribution in [2.75, 3.05) is 26.3 Å². The van der Waals surface area contributed by atoms with E-state index in [4.69, 9.17) is 9.15 Å². The van der Waals surface area contributed by atoms with Crippen LogP contribution in [-0.4, -0.2) is 46.2 Å². The van der Waals surface area contributed by atoms with Crippen LogP contribution < -0.4 is 11.2 Å². The number of nitrogens with zero attached hydrogens (tertiary/aromatic N) is 3. The summed E-state index contributed by atoms with van der Waals surface area (Å²) < 4.78 is 13.0. The molecule has 0 bridgehead atoms. The van der Waals surface area contributed by atoms with Crippen LogP contribution in [0, 0.1) is 0 Å². The van der Waals surface area contributed by atoms with E-state index < -0.39 is 11.2 Å². The number of ether oxygens (including phenoxy) is 1. The Labute approximate surface area is 154 Å². The molecule has 0 N–H and O–H groups in total. The number of hydrogen-bond donors (Lipinski definition) is 0. The summed E-state index contributed by atoms with van der Waals surface area (Å²) in [4.78, 5) is 40.2. The third kappa shape index (κ3) is 3.31. The van der Waals surface area contributed by atoms with Crippen LogP contribution in [0.5, 0.6) is 0 Å². The number of carbonyl (C=O) groups is 1. The average Bonchev–Trinajstić information content (AvgIpc) is 3.22. The molecule has 27 heavy (non-hydrogen) atoms. The first-order valence-corrected chi connectivity index (χ1v) is 8.75. The number of benzene rings is 1. The zero-order chi connectivity index (χ0) is 18.8. The zero-order valence-electron chi connectivity index (χ0n) is 14.7. The summed E-state index contributed by atoms with van der Waals surface area (Å²) in [5.74, 6) is 0.323. The van der Waals surface area contributed by atoms with E-state index in [1.54, 1.807) is 41.3 Å². The van der Waals surface area contributed by atoms with Crippen molar-refractivity contribution < 1.29 is 13.9 Å². The van der Waals surface area contributed by atoms with Gasteiger partial charge in [-0.2, -0.15) is 0 Å². The molecule has 140 valence electrons. The molecular formula is C19H19N3O5. The van der Waals surface area contributed by atoms with Gasteiger partial charge in [0, 0.05) is 13.1 Å². The Bertz CT molecular complexity index is 1070. The molecule has 1 aliphatic heterocycles. The van der Waals surface area contributed by atoms with Crippen LogP contribution in [0.25, 0.3) is 10.9 Å². The van der Waals surface area contributed by atoms with E-state index >= 15 is 0 Å². The Balaban J connectivity index is 1.79. The number of carbonyl (C=O) groups excluding carboxylic acids is 1. The molecule has 1 aliphatic rings. The minimum absolute atomic E-state index is 0.0151. The van der Waals surface area contributed by atoms with Crippen LogP contribution in [0.15, 0.2) is 56.7 Å². The lowest BCUT2D eigenvalue weighted by molar-refractivity contribution is -0.135. The molecular weight excluding hydrogens is 350 g/mol. The van der Waals surface area contributed by atoms with Crippen molar-refractivity contribution in [2.24, 2.45) is 0 Å². The maximum atomic E-state index is 13.0. The Hall–Kier alpha value is -3.13. The number of furan rings is 1. The van der Waals surface area contributed by atoms with E-state index in [0.717, 1.165) is 4.57 Å². The highest BCUT2D eigenvalue weighted by Crippen LogP contribution is 2.10. The molecule has 1 fully saturated rings. The van der Waals surface area contributed by atoms with Crippen molar-refractivity contribution in [3.05, 3.63) is 69.3 Å². The summed E-state index contributed by atoms with van der Waals surface area (Å²) in [7, 11) is 0. The molecule has 0 saturated carbocycles. The molecule has 0 atom stereocenters. The predicted molar refractivity (Wildman–Crippen MR) is 97.7 cm³/mol. The number of fused-ring (bicyclic) bond motifs is 1. The molecule has 4 rings (SSSR count).